The Labute approximate surface area is 123 Å². The molecule has 0 spiro atoms. The number of fused-ring (bicyclic) bond motifs is 1. The van der Waals surface area contributed by atoms with E-state index in [-0.39, 0.29) is 5.91 Å². The van der Waals surface area contributed by atoms with Crippen LogP contribution in [0.5, 0.6) is 0 Å². The molecule has 21 heavy (non-hydrogen) atoms. The monoisotopic (exact) mass is 288 g/mol. The van der Waals surface area contributed by atoms with E-state index in [1.165, 1.54) is 0 Å². The third-order valence-corrected chi connectivity index (χ3v) is 4.36. The third-order valence-electron chi connectivity index (χ3n) is 4.36. The molecule has 1 unspecified atom stereocenters. The van der Waals surface area contributed by atoms with Gasteiger partial charge in [-0.25, -0.2) is 4.79 Å². The molecular weight excluding hydrogens is 268 g/mol. The number of carboxylic acids is 1. The molecule has 2 aliphatic heterocycles. The van der Waals surface area contributed by atoms with E-state index in [1.807, 2.05) is 12.1 Å². The van der Waals surface area contributed by atoms with Crippen molar-refractivity contribution < 1.29 is 14.7 Å². The van der Waals surface area contributed by atoms with Gasteiger partial charge in [0, 0.05) is 24.3 Å². The summed E-state index contributed by atoms with van der Waals surface area (Å²) in [6, 6.07) is 4.93. The number of nitrogens with zero attached hydrogens (tertiary/aromatic N) is 1. The maximum absolute atomic E-state index is 12.7. The third kappa shape index (κ3) is 2.73. The van der Waals surface area contributed by atoms with Crippen molar-refractivity contribution in [1.82, 2.24) is 4.90 Å². The Bertz CT molecular complexity index is 571. The smallest absolute Gasteiger partial charge is 0.326 e. The van der Waals surface area contributed by atoms with Gasteiger partial charge in [-0.15, -0.1) is 0 Å². The number of carbonyl (C=O) groups excluding carboxylic acids is 1. The number of likely N-dealkylation sites (tertiary alicyclic amines) is 1. The van der Waals surface area contributed by atoms with Crippen LogP contribution in [0.25, 0.3) is 0 Å². The second kappa shape index (κ2) is 5.76. The fourth-order valence-corrected chi connectivity index (χ4v) is 3.21. The number of hydrogen-bond donors (Lipinski definition) is 2. The maximum Gasteiger partial charge on any atom is 0.326 e. The Morgan fingerprint density at radius 2 is 2.10 bits per heavy atom. The van der Waals surface area contributed by atoms with Gasteiger partial charge in [-0.1, -0.05) is 12.8 Å². The minimum Gasteiger partial charge on any atom is -0.480 e. The largest absolute Gasteiger partial charge is 0.480 e. The summed E-state index contributed by atoms with van der Waals surface area (Å²) in [5.74, 6) is -1.05. The van der Waals surface area contributed by atoms with Gasteiger partial charge in [-0.2, -0.15) is 0 Å². The van der Waals surface area contributed by atoms with Crippen LogP contribution >= 0.6 is 0 Å². The van der Waals surface area contributed by atoms with Crippen molar-refractivity contribution in [3.63, 3.8) is 0 Å². The number of anilines is 1. The second-order valence-electron chi connectivity index (χ2n) is 5.75. The zero-order valence-corrected chi connectivity index (χ0v) is 12.0. The van der Waals surface area contributed by atoms with Gasteiger partial charge in [0.1, 0.15) is 6.04 Å². The fraction of sp³-hybridized carbons (Fsp3) is 0.500. The van der Waals surface area contributed by atoms with Gasteiger partial charge in [0.05, 0.1) is 0 Å². The van der Waals surface area contributed by atoms with E-state index in [0.717, 1.165) is 43.5 Å². The predicted molar refractivity (Wildman–Crippen MR) is 79.6 cm³/mol. The minimum absolute atomic E-state index is 0.154. The van der Waals surface area contributed by atoms with Crippen molar-refractivity contribution in [1.29, 1.82) is 0 Å². The van der Waals surface area contributed by atoms with Gasteiger partial charge in [0.15, 0.2) is 0 Å². The summed E-state index contributed by atoms with van der Waals surface area (Å²) in [5, 5.41) is 12.6. The fourth-order valence-electron chi connectivity index (χ4n) is 3.21. The minimum atomic E-state index is -0.895. The van der Waals surface area contributed by atoms with Crippen LogP contribution in [-0.4, -0.2) is 41.0 Å². The summed E-state index contributed by atoms with van der Waals surface area (Å²) in [7, 11) is 0. The molecule has 0 radical (unpaired) electrons. The molecule has 1 aromatic rings. The molecule has 2 N–H and O–H groups in total. The van der Waals surface area contributed by atoms with Crippen LogP contribution in [-0.2, 0) is 11.2 Å². The van der Waals surface area contributed by atoms with Crippen molar-refractivity contribution in [2.45, 2.75) is 38.1 Å². The zero-order valence-electron chi connectivity index (χ0n) is 12.0. The van der Waals surface area contributed by atoms with Gasteiger partial charge in [0.25, 0.3) is 5.91 Å². The Hall–Kier alpha value is -2.04. The first-order valence-electron chi connectivity index (χ1n) is 7.57. The number of hydrogen-bond acceptors (Lipinski definition) is 3. The topological polar surface area (TPSA) is 69.6 Å². The van der Waals surface area contributed by atoms with Crippen LogP contribution < -0.4 is 5.32 Å². The highest BCUT2D eigenvalue weighted by Gasteiger charge is 2.31. The number of amides is 1. The summed E-state index contributed by atoms with van der Waals surface area (Å²) in [4.78, 5) is 25.7. The molecule has 1 aromatic carbocycles. The van der Waals surface area contributed by atoms with E-state index >= 15 is 0 Å². The number of rotatable bonds is 2. The Kier molecular flexibility index (Phi) is 3.82. The van der Waals surface area contributed by atoms with Gasteiger partial charge in [0.2, 0.25) is 0 Å². The molecule has 1 fully saturated rings. The van der Waals surface area contributed by atoms with Crippen molar-refractivity contribution in [2.75, 3.05) is 18.4 Å². The molecule has 0 bridgehead atoms. The van der Waals surface area contributed by atoms with E-state index in [9.17, 15) is 14.7 Å². The number of aliphatic carboxylic acids is 1. The Morgan fingerprint density at radius 1 is 1.24 bits per heavy atom. The number of nitrogens with one attached hydrogen (secondary N) is 1. The van der Waals surface area contributed by atoms with Crippen LogP contribution in [0.1, 0.15) is 41.6 Å². The van der Waals surface area contributed by atoms with E-state index in [0.29, 0.717) is 18.5 Å². The van der Waals surface area contributed by atoms with Crippen LogP contribution in [0.2, 0.25) is 0 Å². The van der Waals surface area contributed by atoms with Crippen molar-refractivity contribution in [2.24, 2.45) is 0 Å². The molecule has 1 atom stereocenters. The summed E-state index contributed by atoms with van der Waals surface area (Å²) in [5.41, 5.74) is 2.82. The SMILES string of the molecule is O=C(O)C1CCCCCN1C(=O)c1ccc2c(c1)CCN2. The van der Waals surface area contributed by atoms with Crippen molar-refractivity contribution in [3.8, 4) is 0 Å². The van der Waals surface area contributed by atoms with E-state index in [1.54, 1.807) is 11.0 Å². The van der Waals surface area contributed by atoms with Crippen LogP contribution in [0.4, 0.5) is 5.69 Å². The zero-order chi connectivity index (χ0) is 14.8. The molecule has 5 heteroatoms. The lowest BCUT2D eigenvalue weighted by molar-refractivity contribution is -0.142. The summed E-state index contributed by atoms with van der Waals surface area (Å²) < 4.78 is 0. The highest BCUT2D eigenvalue weighted by Crippen LogP contribution is 2.25. The number of carboxylic acid groups (broad SMARTS) is 1. The molecule has 2 aliphatic rings. The standard InChI is InChI=1S/C16H20N2O3/c19-15(12-5-6-13-11(10-12)7-8-17-13)18-9-3-1-2-4-14(18)16(20)21/h5-6,10,14,17H,1-4,7-9H2,(H,20,21). The summed E-state index contributed by atoms with van der Waals surface area (Å²) >= 11 is 0. The van der Waals surface area contributed by atoms with Crippen LogP contribution in [0, 0.1) is 0 Å². The van der Waals surface area contributed by atoms with Gasteiger partial charge in [-0.3, -0.25) is 4.79 Å². The lowest BCUT2D eigenvalue weighted by atomic mass is 10.1. The lowest BCUT2D eigenvalue weighted by Gasteiger charge is -2.27. The van der Waals surface area contributed by atoms with Crippen LogP contribution in [0.3, 0.4) is 0 Å². The second-order valence-corrected chi connectivity index (χ2v) is 5.75. The van der Waals surface area contributed by atoms with Gasteiger partial charge >= 0.3 is 5.97 Å². The molecule has 0 saturated carbocycles. The molecule has 3 rings (SSSR count). The van der Waals surface area contributed by atoms with Crippen LogP contribution in [0.15, 0.2) is 18.2 Å². The number of carbonyl (C=O) groups is 2. The molecule has 1 saturated heterocycles. The van der Waals surface area contributed by atoms with Crippen molar-refractivity contribution in [3.05, 3.63) is 29.3 Å². The molecule has 5 nitrogen and oxygen atoms in total. The highest BCUT2D eigenvalue weighted by atomic mass is 16.4. The van der Waals surface area contributed by atoms with Crippen molar-refractivity contribution >= 4 is 17.6 Å². The van der Waals surface area contributed by atoms with E-state index < -0.39 is 12.0 Å². The highest BCUT2D eigenvalue weighted by molar-refractivity contribution is 5.97. The lowest BCUT2D eigenvalue weighted by Crippen LogP contribution is -2.44. The molecule has 0 aromatic heterocycles. The molecule has 1 amide bonds. The molecular formula is C16H20N2O3. The molecule has 2 heterocycles. The first-order valence-corrected chi connectivity index (χ1v) is 7.57. The first-order chi connectivity index (χ1) is 10.2. The van der Waals surface area contributed by atoms with E-state index in [4.69, 9.17) is 0 Å². The van der Waals surface area contributed by atoms with Gasteiger partial charge < -0.3 is 15.3 Å². The normalized spacial score (nSPS) is 21.3. The molecule has 112 valence electrons. The maximum atomic E-state index is 12.7. The quantitative estimate of drug-likeness (QED) is 0.874. The number of benzene rings is 1. The summed E-state index contributed by atoms with van der Waals surface area (Å²) in [6.45, 7) is 1.43. The average Bonchev–Trinajstić information content (AvgIpc) is 2.80. The van der Waals surface area contributed by atoms with E-state index in [2.05, 4.69) is 5.32 Å². The predicted octanol–water partition coefficient (Wildman–Crippen LogP) is 2.12. The summed E-state index contributed by atoms with van der Waals surface area (Å²) in [6.07, 6.45) is 4.20. The van der Waals surface area contributed by atoms with Gasteiger partial charge in [-0.05, 0) is 43.0 Å². The molecule has 0 aliphatic carbocycles. The Balaban J connectivity index is 1.86. The Morgan fingerprint density at radius 3 is 2.90 bits per heavy atom. The first kappa shape index (κ1) is 13.9. The average molecular weight is 288 g/mol.